The molecule has 1 spiro atoms. The van der Waals surface area contributed by atoms with Crippen LogP contribution in [0.1, 0.15) is 36.8 Å². The van der Waals surface area contributed by atoms with Gasteiger partial charge in [-0.25, -0.2) is 4.79 Å². The molecule has 3 heterocycles. The van der Waals surface area contributed by atoms with Crippen molar-refractivity contribution in [3.8, 4) is 0 Å². The monoisotopic (exact) mass is 462 g/mol. The second-order valence-corrected chi connectivity index (χ2v) is 9.23. The number of hydrogen-bond donors (Lipinski definition) is 1. The number of urea groups is 1. The minimum atomic E-state index is -1.50. The van der Waals surface area contributed by atoms with E-state index in [0.29, 0.717) is 24.9 Å². The lowest BCUT2D eigenvalue weighted by Gasteiger charge is -2.51. The minimum absolute atomic E-state index is 0.0327. The fourth-order valence-electron chi connectivity index (χ4n) is 5.68. The van der Waals surface area contributed by atoms with Crippen LogP contribution in [0, 0.1) is 15.5 Å². The molecule has 0 aliphatic carbocycles. The Morgan fingerprint density at radius 2 is 1.85 bits per heavy atom. The summed E-state index contributed by atoms with van der Waals surface area (Å²) in [5.41, 5.74) is 0.819. The number of anilines is 1. The van der Waals surface area contributed by atoms with Crippen LogP contribution in [0.25, 0.3) is 0 Å². The van der Waals surface area contributed by atoms with Crippen LogP contribution in [0.15, 0.2) is 48.5 Å². The van der Waals surface area contributed by atoms with Crippen LogP contribution in [0.2, 0.25) is 0 Å². The van der Waals surface area contributed by atoms with Gasteiger partial charge >= 0.3 is 6.03 Å². The maximum absolute atomic E-state index is 14.0. The molecule has 0 radical (unpaired) electrons. The van der Waals surface area contributed by atoms with Crippen LogP contribution < -0.4 is 10.2 Å². The lowest BCUT2D eigenvalue weighted by molar-refractivity contribution is -0.384. The van der Waals surface area contributed by atoms with Crippen molar-refractivity contribution in [3.05, 3.63) is 69.8 Å². The first-order chi connectivity index (χ1) is 16.4. The number of amides is 4. The number of nitrogens with one attached hydrogen (secondary N) is 1. The van der Waals surface area contributed by atoms with E-state index in [1.165, 1.54) is 12.1 Å². The Morgan fingerprint density at radius 1 is 1.06 bits per heavy atom. The van der Waals surface area contributed by atoms with Gasteiger partial charge in [0.1, 0.15) is 0 Å². The zero-order chi connectivity index (χ0) is 23.9. The van der Waals surface area contributed by atoms with Crippen LogP contribution in [0.5, 0.6) is 0 Å². The third-order valence-corrected chi connectivity index (χ3v) is 7.34. The van der Waals surface area contributed by atoms with Gasteiger partial charge in [-0.05, 0) is 36.5 Å². The summed E-state index contributed by atoms with van der Waals surface area (Å²) < 4.78 is 0. The molecule has 0 bridgehead atoms. The highest BCUT2D eigenvalue weighted by atomic mass is 16.6. The number of non-ortho nitro benzene ring substituents is 1. The molecule has 9 nitrogen and oxygen atoms in total. The molecule has 176 valence electrons. The number of hydrogen-bond acceptors (Lipinski definition) is 6. The highest BCUT2D eigenvalue weighted by Gasteiger charge is 2.61. The number of nitrogens with zero attached hydrogens (tertiary/aromatic N) is 3. The zero-order valence-corrected chi connectivity index (χ0v) is 18.7. The van der Waals surface area contributed by atoms with Gasteiger partial charge in [0.15, 0.2) is 5.41 Å². The molecule has 2 fully saturated rings. The van der Waals surface area contributed by atoms with Crippen molar-refractivity contribution in [1.82, 2.24) is 10.2 Å². The van der Waals surface area contributed by atoms with Crippen LogP contribution in [0.4, 0.5) is 16.2 Å². The predicted octanol–water partition coefficient (Wildman–Crippen LogP) is 3.21. The van der Waals surface area contributed by atoms with E-state index >= 15 is 0 Å². The summed E-state index contributed by atoms with van der Waals surface area (Å²) in [6.07, 6.45) is 3.87. The minimum Gasteiger partial charge on any atom is -0.367 e. The zero-order valence-electron chi connectivity index (χ0n) is 18.7. The lowest BCUT2D eigenvalue weighted by atomic mass is 9.67. The maximum Gasteiger partial charge on any atom is 0.330 e. The Balaban J connectivity index is 1.56. The van der Waals surface area contributed by atoms with E-state index in [4.69, 9.17) is 0 Å². The van der Waals surface area contributed by atoms with Crippen molar-refractivity contribution in [2.24, 2.45) is 5.41 Å². The quantitative estimate of drug-likeness (QED) is 0.424. The van der Waals surface area contributed by atoms with Crippen molar-refractivity contribution < 1.29 is 19.3 Å². The Bertz CT molecular complexity index is 1170. The normalized spacial score (nSPS) is 24.4. The number of nitro benzene ring substituents is 1. The van der Waals surface area contributed by atoms with E-state index < -0.39 is 34.2 Å². The van der Waals surface area contributed by atoms with Gasteiger partial charge in [0.25, 0.3) is 5.69 Å². The molecule has 0 aromatic heterocycles. The van der Waals surface area contributed by atoms with Crippen LogP contribution in [0.3, 0.4) is 0 Å². The molecule has 9 heteroatoms. The van der Waals surface area contributed by atoms with Gasteiger partial charge in [0, 0.05) is 37.3 Å². The van der Waals surface area contributed by atoms with Gasteiger partial charge < -0.3 is 4.90 Å². The van der Waals surface area contributed by atoms with Gasteiger partial charge in [-0.15, -0.1) is 0 Å². The number of barbiturate groups is 1. The Morgan fingerprint density at radius 3 is 2.62 bits per heavy atom. The van der Waals surface area contributed by atoms with Gasteiger partial charge in [-0.1, -0.05) is 43.2 Å². The molecule has 34 heavy (non-hydrogen) atoms. The SMILES string of the molecule is O=C1NC(=O)[C@@]2(Cc3cc([N+](=O)[O-])ccc3N3CCCCC[C@@H]32)C(=O)N1CCc1ccccc1. The first-order valence-electron chi connectivity index (χ1n) is 11.7. The fraction of sp³-hybridized carbons (Fsp3) is 0.400. The number of fused-ring (bicyclic) bond motifs is 4. The summed E-state index contributed by atoms with van der Waals surface area (Å²) in [4.78, 5) is 54.4. The summed E-state index contributed by atoms with van der Waals surface area (Å²) in [6.45, 7) is 0.800. The molecule has 1 N–H and O–H groups in total. The summed E-state index contributed by atoms with van der Waals surface area (Å²) in [5.74, 6) is -1.11. The smallest absolute Gasteiger partial charge is 0.330 e. The highest BCUT2D eigenvalue weighted by molar-refractivity contribution is 6.20. The van der Waals surface area contributed by atoms with E-state index in [1.807, 2.05) is 30.3 Å². The Kier molecular flexibility index (Phi) is 5.55. The number of carbonyl (C=O) groups is 3. The lowest BCUT2D eigenvalue weighted by Crippen LogP contribution is -2.72. The molecule has 3 aliphatic rings. The second kappa shape index (κ2) is 8.55. The number of carbonyl (C=O) groups excluding carboxylic acids is 3. The van der Waals surface area contributed by atoms with Crippen LogP contribution >= 0.6 is 0 Å². The van der Waals surface area contributed by atoms with Gasteiger partial charge in [0.05, 0.1) is 11.0 Å². The summed E-state index contributed by atoms with van der Waals surface area (Å²) >= 11 is 0. The third kappa shape index (κ3) is 3.52. The summed E-state index contributed by atoms with van der Waals surface area (Å²) in [6, 6.07) is 13.1. The number of benzene rings is 2. The first kappa shape index (κ1) is 22.1. The number of nitro groups is 1. The van der Waals surface area contributed by atoms with Crippen LogP contribution in [-0.2, 0) is 22.4 Å². The largest absolute Gasteiger partial charge is 0.367 e. The fourth-order valence-corrected chi connectivity index (χ4v) is 5.68. The Labute approximate surface area is 196 Å². The molecular weight excluding hydrogens is 436 g/mol. The molecule has 2 saturated heterocycles. The van der Waals surface area contributed by atoms with Crippen molar-refractivity contribution in [1.29, 1.82) is 0 Å². The average molecular weight is 463 g/mol. The molecule has 4 amide bonds. The van der Waals surface area contributed by atoms with Crippen molar-refractivity contribution in [2.75, 3.05) is 18.0 Å². The molecule has 2 aromatic rings. The van der Waals surface area contributed by atoms with E-state index in [2.05, 4.69) is 10.2 Å². The van der Waals surface area contributed by atoms with Gasteiger partial charge in [0.2, 0.25) is 11.8 Å². The molecule has 2 atom stereocenters. The maximum atomic E-state index is 14.0. The molecule has 3 aliphatic heterocycles. The van der Waals surface area contributed by atoms with Crippen LogP contribution in [-0.4, -0.2) is 46.8 Å². The van der Waals surface area contributed by atoms with Gasteiger partial charge in [-0.2, -0.15) is 0 Å². The van der Waals surface area contributed by atoms with Crippen molar-refractivity contribution in [2.45, 2.75) is 44.6 Å². The van der Waals surface area contributed by atoms with E-state index in [1.54, 1.807) is 6.07 Å². The highest BCUT2D eigenvalue weighted by Crippen LogP contribution is 2.47. The third-order valence-electron chi connectivity index (χ3n) is 7.34. The molecule has 2 aromatic carbocycles. The number of imide groups is 2. The van der Waals surface area contributed by atoms with Crippen molar-refractivity contribution >= 4 is 29.2 Å². The topological polar surface area (TPSA) is 113 Å². The van der Waals surface area contributed by atoms with E-state index in [0.717, 1.165) is 35.4 Å². The van der Waals surface area contributed by atoms with E-state index in [-0.39, 0.29) is 18.7 Å². The van der Waals surface area contributed by atoms with Gasteiger partial charge in [-0.3, -0.25) is 29.9 Å². The number of rotatable bonds is 4. The molecule has 5 rings (SSSR count). The van der Waals surface area contributed by atoms with Crippen molar-refractivity contribution in [3.63, 3.8) is 0 Å². The summed E-state index contributed by atoms with van der Waals surface area (Å²) in [5, 5.41) is 13.9. The van der Waals surface area contributed by atoms with E-state index in [9.17, 15) is 24.5 Å². The summed E-state index contributed by atoms with van der Waals surface area (Å²) in [7, 11) is 0. The molecular formula is C25H26N4O5. The molecule has 0 saturated carbocycles. The average Bonchev–Trinajstić information content (AvgIpc) is 3.09. The standard InChI is InChI=1S/C25H26N4O5/c30-22-25(23(31)28(24(32)26-22)14-12-17-7-3-1-4-8-17)16-18-15-19(29(33)34)10-11-20(18)27-13-6-2-5-9-21(25)27/h1,3-4,7-8,10-11,15,21H,2,5-6,9,12-14,16H2,(H,26,30,32)/t21-,25+/m1/s1. The Hall–Kier alpha value is -3.75. The predicted molar refractivity (Wildman–Crippen MR) is 124 cm³/mol. The first-order valence-corrected chi connectivity index (χ1v) is 11.7. The second-order valence-electron chi connectivity index (χ2n) is 9.23. The molecule has 0 unspecified atom stereocenters.